The minimum atomic E-state index is -3.35. The number of aromatic nitrogens is 6. The monoisotopic (exact) mass is 500 g/mol. The molecule has 0 spiro atoms. The third-order valence-electron chi connectivity index (χ3n) is 4.93. The number of benzene rings is 1. The van der Waals surface area contributed by atoms with E-state index in [0.29, 0.717) is 21.4 Å². The number of rotatable bonds is 8. The van der Waals surface area contributed by atoms with Crippen LogP contribution in [0, 0.1) is 0 Å². The Bertz CT molecular complexity index is 1470. The van der Waals surface area contributed by atoms with Crippen molar-refractivity contribution in [1.82, 2.24) is 34.4 Å². The van der Waals surface area contributed by atoms with Gasteiger partial charge in [0, 0.05) is 30.4 Å². The summed E-state index contributed by atoms with van der Waals surface area (Å²) in [6, 6.07) is 9.58. The van der Waals surface area contributed by atoms with Crippen molar-refractivity contribution in [2.45, 2.75) is 18.0 Å². The van der Waals surface area contributed by atoms with Crippen LogP contribution in [-0.2, 0) is 26.0 Å². The average molecular weight is 501 g/mol. The van der Waals surface area contributed by atoms with Crippen LogP contribution in [0.1, 0.15) is 11.9 Å². The molecule has 0 saturated heterocycles. The second kappa shape index (κ2) is 8.96. The van der Waals surface area contributed by atoms with E-state index >= 15 is 0 Å². The van der Waals surface area contributed by atoms with Crippen LogP contribution in [0.15, 0.2) is 59.4 Å². The van der Waals surface area contributed by atoms with Crippen molar-refractivity contribution in [1.29, 1.82) is 0 Å². The Hall–Kier alpha value is -3.62. The van der Waals surface area contributed by atoms with Crippen molar-refractivity contribution in [3.05, 3.63) is 59.8 Å². The molecule has 176 valence electrons. The maximum absolute atomic E-state index is 11.5. The van der Waals surface area contributed by atoms with Gasteiger partial charge in [-0.05, 0) is 17.8 Å². The van der Waals surface area contributed by atoms with Gasteiger partial charge in [0.2, 0.25) is 15.1 Å². The number of ether oxygens (including phenoxy) is 2. The van der Waals surface area contributed by atoms with Crippen LogP contribution >= 0.6 is 11.8 Å². The third kappa shape index (κ3) is 4.55. The number of imidazole rings is 1. The number of nitrogen functional groups attached to an aromatic ring is 1. The maximum atomic E-state index is 11.5. The van der Waals surface area contributed by atoms with Gasteiger partial charge in [0.25, 0.3) is 6.29 Å². The Kier molecular flexibility index (Phi) is 5.85. The summed E-state index contributed by atoms with van der Waals surface area (Å²) >= 11 is 1.22. The molecule has 1 aliphatic heterocycles. The Morgan fingerprint density at radius 3 is 2.91 bits per heavy atom. The summed E-state index contributed by atoms with van der Waals surface area (Å²) in [4.78, 5) is 12.8. The number of fused-ring (bicyclic) bond motifs is 1. The second-order valence-corrected chi connectivity index (χ2v) is 10.1. The lowest BCUT2D eigenvalue weighted by Gasteiger charge is -2.15. The highest BCUT2D eigenvalue weighted by atomic mass is 32.2. The Balaban J connectivity index is 1.38. The number of nitrogens with one attached hydrogen (secondary N) is 2. The van der Waals surface area contributed by atoms with E-state index < -0.39 is 16.3 Å². The second-order valence-electron chi connectivity index (χ2n) is 7.33. The predicted molar refractivity (Wildman–Crippen MR) is 125 cm³/mol. The number of H-pyrrole nitrogens is 1. The van der Waals surface area contributed by atoms with Crippen LogP contribution < -0.4 is 10.5 Å². The van der Waals surface area contributed by atoms with E-state index in [-0.39, 0.29) is 18.9 Å². The number of hydrogen-bond acceptors (Lipinski definition) is 10. The van der Waals surface area contributed by atoms with Gasteiger partial charge in [-0.25, -0.2) is 28.1 Å². The molecule has 4 heterocycles. The zero-order chi connectivity index (χ0) is 23.7. The quantitative estimate of drug-likeness (QED) is 0.326. The van der Waals surface area contributed by atoms with Crippen LogP contribution in [0.25, 0.3) is 22.4 Å². The molecule has 3 aromatic heterocycles. The molecule has 1 aliphatic rings. The molecule has 12 nitrogen and oxygen atoms in total. The van der Waals surface area contributed by atoms with Gasteiger partial charge in [-0.3, -0.25) is 5.10 Å². The minimum absolute atomic E-state index is 0.151. The Morgan fingerprint density at radius 2 is 2.12 bits per heavy atom. The van der Waals surface area contributed by atoms with Gasteiger partial charge >= 0.3 is 0 Å². The van der Waals surface area contributed by atoms with Crippen LogP contribution in [0.3, 0.4) is 0 Å². The van der Waals surface area contributed by atoms with Gasteiger partial charge in [-0.1, -0.05) is 24.3 Å². The number of thioether (sulfide) groups is 1. The Morgan fingerprint density at radius 1 is 1.26 bits per heavy atom. The largest absolute Gasteiger partial charge is 0.454 e. The van der Waals surface area contributed by atoms with Crippen LogP contribution in [-0.4, -0.2) is 50.9 Å². The molecule has 34 heavy (non-hydrogen) atoms. The molecule has 0 bridgehead atoms. The molecular weight excluding hydrogens is 480 g/mol. The lowest BCUT2D eigenvalue weighted by atomic mass is 10.0. The summed E-state index contributed by atoms with van der Waals surface area (Å²) in [5, 5.41) is 7.96. The topological polar surface area (TPSA) is 163 Å². The number of nitrogens with zero attached hydrogens (tertiary/aromatic N) is 5. The fourth-order valence-electron chi connectivity index (χ4n) is 3.46. The molecule has 0 aliphatic carbocycles. The van der Waals surface area contributed by atoms with Crippen molar-refractivity contribution >= 4 is 38.8 Å². The van der Waals surface area contributed by atoms with Crippen molar-refractivity contribution < 1.29 is 17.9 Å². The molecule has 1 aromatic carbocycles. The number of hydrogen-bond donors (Lipinski definition) is 3. The van der Waals surface area contributed by atoms with Gasteiger partial charge in [0.1, 0.15) is 12.6 Å². The van der Waals surface area contributed by atoms with E-state index in [9.17, 15) is 8.42 Å². The molecule has 4 N–H and O–H groups in total. The zero-order valence-corrected chi connectivity index (χ0v) is 19.5. The summed E-state index contributed by atoms with van der Waals surface area (Å²) in [6.45, 7) is 0.431. The fourth-order valence-corrected chi connectivity index (χ4v) is 4.77. The van der Waals surface area contributed by atoms with Crippen LogP contribution in [0.5, 0.6) is 0 Å². The van der Waals surface area contributed by atoms with E-state index in [4.69, 9.17) is 15.2 Å². The minimum Gasteiger partial charge on any atom is -0.454 e. The summed E-state index contributed by atoms with van der Waals surface area (Å²) < 4.78 is 39.1. The van der Waals surface area contributed by atoms with Crippen molar-refractivity contribution in [3.63, 3.8) is 0 Å². The summed E-state index contributed by atoms with van der Waals surface area (Å²) in [5.74, 6) is 0.227. The fraction of sp³-hybridized carbons (Fsp3) is 0.200. The molecule has 0 radical (unpaired) electrons. The summed E-state index contributed by atoms with van der Waals surface area (Å²) in [5.41, 5.74) is 9.48. The third-order valence-corrected chi connectivity index (χ3v) is 6.55. The first kappa shape index (κ1) is 22.2. The number of sulfonamides is 1. The zero-order valence-electron chi connectivity index (χ0n) is 17.9. The molecular formula is C20H20N8O4S2. The number of anilines is 1. The average Bonchev–Trinajstić information content (AvgIpc) is 3.55. The van der Waals surface area contributed by atoms with Crippen molar-refractivity contribution in [2.24, 2.45) is 0 Å². The van der Waals surface area contributed by atoms with Gasteiger partial charge < -0.3 is 19.8 Å². The molecule has 0 amide bonds. The predicted octanol–water partition coefficient (Wildman–Crippen LogP) is 1.98. The maximum Gasteiger partial charge on any atom is 0.268 e. The van der Waals surface area contributed by atoms with E-state index in [1.165, 1.54) is 24.4 Å². The lowest BCUT2D eigenvalue weighted by Crippen LogP contribution is -2.26. The number of nitrogens with two attached hydrogens (primary N) is 1. The normalized spacial score (nSPS) is 15.8. The highest BCUT2D eigenvalue weighted by Gasteiger charge is 2.27. The van der Waals surface area contributed by atoms with Gasteiger partial charge in [0.15, 0.2) is 22.1 Å². The molecule has 0 fully saturated rings. The lowest BCUT2D eigenvalue weighted by molar-refractivity contribution is -0.0269. The van der Waals surface area contributed by atoms with Gasteiger partial charge in [-0.2, -0.15) is 5.10 Å². The first-order chi connectivity index (χ1) is 16.4. The molecule has 4 aromatic rings. The van der Waals surface area contributed by atoms with E-state index in [2.05, 4.69) is 29.9 Å². The number of aromatic amines is 1. The van der Waals surface area contributed by atoms with E-state index in [1.807, 2.05) is 30.3 Å². The molecule has 1 unspecified atom stereocenters. The first-order valence-electron chi connectivity index (χ1n) is 10.1. The van der Waals surface area contributed by atoms with Gasteiger partial charge in [-0.15, -0.1) is 0 Å². The van der Waals surface area contributed by atoms with Gasteiger partial charge in [0.05, 0.1) is 11.9 Å². The molecule has 5 rings (SSSR count). The highest BCUT2D eigenvalue weighted by Crippen LogP contribution is 2.40. The van der Waals surface area contributed by atoms with E-state index in [0.717, 1.165) is 23.1 Å². The Labute approximate surface area is 198 Å². The smallest absolute Gasteiger partial charge is 0.268 e. The summed E-state index contributed by atoms with van der Waals surface area (Å²) in [6.07, 6.45) is 4.98. The molecule has 0 saturated carbocycles. The van der Waals surface area contributed by atoms with Crippen molar-refractivity contribution in [3.8, 4) is 11.3 Å². The highest BCUT2D eigenvalue weighted by molar-refractivity contribution is 8.02. The van der Waals surface area contributed by atoms with E-state index in [1.54, 1.807) is 10.8 Å². The summed E-state index contributed by atoms with van der Waals surface area (Å²) in [7, 11) is -3.35. The molecule has 1 atom stereocenters. The molecule has 14 heteroatoms. The standard InChI is InChI=1S/C20H20N8O4S2/c1-34(29,30)25-8-9-28-18-16(17(21)22-11-23-18)26-20(28)33-15-10-31-19(32-15)13-5-3-2-4-12(13)14-6-7-24-27-14/h2-7,10-11,19,25H,8-9H2,1H3,(H,24,27)(H2,21,22,23). The SMILES string of the molecule is CS(=O)(=O)NCCn1c(SC2=COC(c3ccccc3-c3ccn[nH]3)O2)nc2c(N)ncnc21. The van der Waals surface area contributed by atoms with Crippen LogP contribution in [0.4, 0.5) is 5.82 Å². The van der Waals surface area contributed by atoms with Crippen LogP contribution in [0.2, 0.25) is 0 Å². The first-order valence-corrected chi connectivity index (χ1v) is 12.8. The van der Waals surface area contributed by atoms with Crippen molar-refractivity contribution in [2.75, 3.05) is 18.5 Å².